The molecule has 0 saturated carbocycles. The monoisotopic (exact) mass is 261 g/mol. The van der Waals surface area contributed by atoms with E-state index in [2.05, 4.69) is 0 Å². The lowest BCUT2D eigenvalue weighted by molar-refractivity contribution is -0.112. The lowest BCUT2D eigenvalue weighted by Crippen LogP contribution is -2.29. The van der Waals surface area contributed by atoms with Crippen LogP contribution in [0.1, 0.15) is 0 Å². The van der Waals surface area contributed by atoms with Crippen LogP contribution in [0.4, 0.5) is 10.1 Å². The van der Waals surface area contributed by atoms with Crippen LogP contribution >= 0.6 is 11.6 Å². The summed E-state index contributed by atoms with van der Waals surface area (Å²) in [6.07, 6.45) is 0.923. The molecular formula is C9H5ClFNO3S. The molecule has 4 nitrogen and oxygen atoms in total. The Balaban J connectivity index is 2.53. The first kappa shape index (κ1) is 11.1. The fourth-order valence-corrected chi connectivity index (χ4v) is 2.59. The minimum absolute atomic E-state index is 0.0152. The van der Waals surface area contributed by atoms with Gasteiger partial charge in [-0.3, -0.25) is 4.79 Å². The van der Waals surface area contributed by atoms with Crippen LogP contribution in [0.15, 0.2) is 29.7 Å². The van der Waals surface area contributed by atoms with Crippen LogP contribution in [0.2, 0.25) is 5.02 Å². The van der Waals surface area contributed by atoms with Crippen molar-refractivity contribution in [2.75, 3.05) is 4.31 Å². The van der Waals surface area contributed by atoms with Gasteiger partial charge >= 0.3 is 0 Å². The van der Waals surface area contributed by atoms with E-state index < -0.39 is 21.7 Å². The van der Waals surface area contributed by atoms with Crippen molar-refractivity contribution in [3.05, 3.63) is 40.5 Å². The van der Waals surface area contributed by atoms with Gasteiger partial charge in [0.1, 0.15) is 5.82 Å². The zero-order chi connectivity index (χ0) is 11.9. The number of benzene rings is 1. The molecule has 1 aromatic rings. The van der Waals surface area contributed by atoms with Crippen LogP contribution in [0, 0.1) is 5.82 Å². The Bertz CT molecular complexity index is 597. The first-order valence-corrected chi connectivity index (χ1v) is 6.02. The van der Waals surface area contributed by atoms with Gasteiger partial charge in [0.05, 0.1) is 16.1 Å². The van der Waals surface area contributed by atoms with E-state index in [0.717, 1.165) is 23.6 Å². The van der Waals surface area contributed by atoms with Gasteiger partial charge in [-0.25, -0.2) is 12.8 Å². The number of hydrogen-bond acceptors (Lipinski definition) is 3. The Kier molecular flexibility index (Phi) is 2.47. The van der Waals surface area contributed by atoms with Gasteiger partial charge in [0.2, 0.25) is 0 Å². The van der Waals surface area contributed by atoms with Crippen molar-refractivity contribution in [2.45, 2.75) is 0 Å². The van der Waals surface area contributed by atoms with Gasteiger partial charge in [0.25, 0.3) is 15.9 Å². The summed E-state index contributed by atoms with van der Waals surface area (Å²) in [4.78, 5) is 11.3. The summed E-state index contributed by atoms with van der Waals surface area (Å²) in [5, 5.41) is 0.541. The molecule has 0 aromatic heterocycles. The number of hydrogen-bond donors (Lipinski definition) is 0. The molecule has 0 N–H and O–H groups in total. The summed E-state index contributed by atoms with van der Waals surface area (Å²) in [7, 11) is -3.80. The normalized spacial score (nSPS) is 18.1. The standard InChI is InChI=1S/C9H5ClFNO3S/c10-7-5-6(1-2-8(7)11)12-9(13)3-4-16(12,14)15/h1-5H. The summed E-state index contributed by atoms with van der Waals surface area (Å²) in [6, 6.07) is 3.25. The topological polar surface area (TPSA) is 54.5 Å². The van der Waals surface area contributed by atoms with Gasteiger partial charge < -0.3 is 0 Å². The Morgan fingerprint density at radius 3 is 2.50 bits per heavy atom. The summed E-state index contributed by atoms with van der Waals surface area (Å²) >= 11 is 5.50. The maximum Gasteiger partial charge on any atom is 0.265 e. The molecule has 1 heterocycles. The molecule has 2 rings (SSSR count). The zero-order valence-corrected chi connectivity index (χ0v) is 9.30. The van der Waals surface area contributed by atoms with E-state index in [1.54, 1.807) is 0 Å². The van der Waals surface area contributed by atoms with Crippen molar-refractivity contribution in [1.82, 2.24) is 0 Å². The Morgan fingerprint density at radius 1 is 1.31 bits per heavy atom. The minimum atomic E-state index is -3.80. The molecule has 0 aliphatic carbocycles. The highest BCUT2D eigenvalue weighted by Crippen LogP contribution is 2.27. The Labute approximate surface area is 96.0 Å². The van der Waals surface area contributed by atoms with Gasteiger partial charge in [-0.2, -0.15) is 4.31 Å². The second kappa shape index (κ2) is 3.57. The van der Waals surface area contributed by atoms with E-state index in [4.69, 9.17) is 11.6 Å². The van der Waals surface area contributed by atoms with E-state index in [0.29, 0.717) is 4.31 Å². The smallest absolute Gasteiger partial charge is 0.265 e. The van der Waals surface area contributed by atoms with Crippen LogP contribution in [0.3, 0.4) is 0 Å². The maximum atomic E-state index is 12.9. The van der Waals surface area contributed by atoms with Crippen molar-refractivity contribution >= 4 is 33.2 Å². The van der Waals surface area contributed by atoms with E-state index in [1.165, 1.54) is 6.07 Å². The molecule has 0 unspecified atom stereocenters. The van der Waals surface area contributed by atoms with Crippen molar-refractivity contribution in [2.24, 2.45) is 0 Å². The van der Waals surface area contributed by atoms with Crippen LogP contribution < -0.4 is 4.31 Å². The molecule has 1 aliphatic heterocycles. The Hall–Kier alpha value is -1.40. The summed E-state index contributed by atoms with van der Waals surface area (Å²) in [5.41, 5.74) is 0.0152. The van der Waals surface area contributed by atoms with Crippen molar-refractivity contribution < 1.29 is 17.6 Å². The first-order chi connectivity index (χ1) is 7.42. The second-order valence-corrected chi connectivity index (χ2v) is 5.12. The predicted molar refractivity (Wildman–Crippen MR) is 57.0 cm³/mol. The van der Waals surface area contributed by atoms with E-state index in [-0.39, 0.29) is 10.7 Å². The van der Waals surface area contributed by atoms with Crippen LogP contribution in [0.25, 0.3) is 0 Å². The van der Waals surface area contributed by atoms with Crippen molar-refractivity contribution in [3.8, 4) is 0 Å². The second-order valence-electron chi connectivity index (χ2n) is 3.05. The molecule has 1 aromatic carbocycles. The van der Waals surface area contributed by atoms with E-state index in [1.807, 2.05) is 0 Å². The summed E-state index contributed by atoms with van der Waals surface area (Å²) < 4.78 is 36.3. The van der Waals surface area contributed by atoms with E-state index >= 15 is 0 Å². The molecule has 0 atom stereocenters. The van der Waals surface area contributed by atoms with E-state index in [9.17, 15) is 17.6 Å². The number of amides is 1. The lowest BCUT2D eigenvalue weighted by Gasteiger charge is -2.14. The van der Waals surface area contributed by atoms with Gasteiger partial charge in [0.15, 0.2) is 0 Å². The predicted octanol–water partition coefficient (Wildman–Crippen LogP) is 1.67. The summed E-state index contributed by atoms with van der Waals surface area (Å²) in [5.74, 6) is -1.38. The van der Waals surface area contributed by atoms with Crippen LogP contribution in [-0.2, 0) is 14.8 Å². The molecule has 1 aliphatic rings. The number of anilines is 1. The highest BCUT2D eigenvalue weighted by Gasteiger charge is 2.31. The third kappa shape index (κ3) is 1.70. The van der Waals surface area contributed by atoms with Gasteiger partial charge in [-0.1, -0.05) is 11.6 Å². The molecule has 84 valence electrons. The molecule has 0 fully saturated rings. The molecule has 1 amide bonds. The average Bonchev–Trinajstić information content (AvgIpc) is 2.46. The largest absolute Gasteiger partial charge is 0.268 e. The number of rotatable bonds is 1. The number of carbonyl (C=O) groups is 1. The van der Waals surface area contributed by atoms with Gasteiger partial charge in [0, 0.05) is 6.08 Å². The Morgan fingerprint density at radius 2 is 2.00 bits per heavy atom. The zero-order valence-electron chi connectivity index (χ0n) is 7.72. The van der Waals surface area contributed by atoms with Crippen molar-refractivity contribution in [1.29, 1.82) is 0 Å². The highest BCUT2D eigenvalue weighted by molar-refractivity contribution is 7.96. The number of halogens is 2. The lowest BCUT2D eigenvalue weighted by atomic mass is 10.3. The fraction of sp³-hybridized carbons (Fsp3) is 0. The van der Waals surface area contributed by atoms with Gasteiger partial charge in [-0.15, -0.1) is 0 Å². The van der Waals surface area contributed by atoms with Crippen LogP contribution in [-0.4, -0.2) is 14.3 Å². The minimum Gasteiger partial charge on any atom is -0.268 e. The molecular weight excluding hydrogens is 257 g/mol. The molecule has 0 radical (unpaired) electrons. The number of nitrogens with zero attached hydrogens (tertiary/aromatic N) is 1. The molecule has 0 bridgehead atoms. The molecule has 16 heavy (non-hydrogen) atoms. The maximum absolute atomic E-state index is 12.9. The highest BCUT2D eigenvalue weighted by atomic mass is 35.5. The van der Waals surface area contributed by atoms with Crippen LogP contribution in [0.5, 0.6) is 0 Å². The third-order valence-corrected chi connectivity index (χ3v) is 3.64. The van der Waals surface area contributed by atoms with Crippen molar-refractivity contribution in [3.63, 3.8) is 0 Å². The average molecular weight is 262 g/mol. The quantitative estimate of drug-likeness (QED) is 0.773. The third-order valence-electron chi connectivity index (χ3n) is 1.97. The molecule has 0 spiro atoms. The number of sulfonamides is 1. The fourth-order valence-electron chi connectivity index (χ4n) is 1.28. The molecule has 7 heteroatoms. The summed E-state index contributed by atoms with van der Waals surface area (Å²) in [6.45, 7) is 0. The molecule has 0 saturated heterocycles. The number of carbonyl (C=O) groups excluding carboxylic acids is 1. The SMILES string of the molecule is O=C1C=CS(=O)(=O)N1c1ccc(F)c(Cl)c1. The first-order valence-electron chi connectivity index (χ1n) is 4.14. The van der Waals surface area contributed by atoms with Gasteiger partial charge in [-0.05, 0) is 18.2 Å².